The fourth-order valence-electron chi connectivity index (χ4n) is 2.23. The first-order valence-electron chi connectivity index (χ1n) is 7.48. The molecule has 0 aliphatic carbocycles. The minimum atomic E-state index is -0.580. The summed E-state index contributed by atoms with van der Waals surface area (Å²) in [6.07, 6.45) is 1.43. The standard InChI is InChI=1S/C18H19BrN2O2/c1-2-6-15(20)18(23)21-16-10-9-13(19)11-14(16)17(22)12-7-4-3-5-8-12/h3-5,7-11,15H,2,6,20H2,1H3,(H,21,23). The summed E-state index contributed by atoms with van der Waals surface area (Å²) in [5, 5.41) is 2.77. The third kappa shape index (κ3) is 4.50. The highest BCUT2D eigenvalue weighted by atomic mass is 79.9. The van der Waals surface area contributed by atoms with Crippen molar-refractivity contribution < 1.29 is 9.59 Å². The molecular weight excluding hydrogens is 356 g/mol. The minimum absolute atomic E-state index is 0.147. The van der Waals surface area contributed by atoms with Crippen molar-refractivity contribution in [3.05, 3.63) is 64.1 Å². The number of nitrogens with two attached hydrogens (primary N) is 1. The Balaban J connectivity index is 2.31. The molecule has 0 radical (unpaired) electrons. The monoisotopic (exact) mass is 374 g/mol. The molecule has 0 aliphatic heterocycles. The molecule has 1 amide bonds. The highest BCUT2D eigenvalue weighted by Crippen LogP contribution is 2.24. The van der Waals surface area contributed by atoms with Crippen LogP contribution in [0.4, 0.5) is 5.69 Å². The Morgan fingerprint density at radius 2 is 1.87 bits per heavy atom. The molecule has 0 saturated heterocycles. The lowest BCUT2D eigenvalue weighted by atomic mass is 10.0. The summed E-state index contributed by atoms with van der Waals surface area (Å²) < 4.78 is 0.771. The lowest BCUT2D eigenvalue weighted by Crippen LogP contribution is -2.35. The van der Waals surface area contributed by atoms with Crippen LogP contribution >= 0.6 is 15.9 Å². The van der Waals surface area contributed by atoms with Gasteiger partial charge in [-0.15, -0.1) is 0 Å². The van der Waals surface area contributed by atoms with Crippen molar-refractivity contribution >= 4 is 33.3 Å². The van der Waals surface area contributed by atoms with E-state index in [0.29, 0.717) is 23.2 Å². The summed E-state index contributed by atoms with van der Waals surface area (Å²) in [7, 11) is 0. The number of benzene rings is 2. The second-order valence-electron chi connectivity index (χ2n) is 5.27. The molecule has 1 atom stereocenters. The van der Waals surface area contributed by atoms with Crippen molar-refractivity contribution in [3.63, 3.8) is 0 Å². The molecule has 0 aliphatic rings. The smallest absolute Gasteiger partial charge is 0.241 e. The van der Waals surface area contributed by atoms with Crippen LogP contribution in [0.2, 0.25) is 0 Å². The number of rotatable bonds is 6. The van der Waals surface area contributed by atoms with Crippen molar-refractivity contribution in [2.75, 3.05) is 5.32 Å². The summed E-state index contributed by atoms with van der Waals surface area (Å²) in [5.74, 6) is -0.428. The molecular formula is C18H19BrN2O2. The molecule has 3 N–H and O–H groups in total. The van der Waals surface area contributed by atoms with E-state index in [1.807, 2.05) is 13.0 Å². The van der Waals surface area contributed by atoms with Crippen LogP contribution in [0, 0.1) is 0 Å². The summed E-state index contributed by atoms with van der Waals surface area (Å²) in [6, 6.07) is 13.6. The van der Waals surface area contributed by atoms with Gasteiger partial charge in [0.2, 0.25) is 5.91 Å². The Kier molecular flexibility index (Phi) is 6.07. The number of ketones is 1. The van der Waals surface area contributed by atoms with Crippen LogP contribution in [0.15, 0.2) is 53.0 Å². The van der Waals surface area contributed by atoms with Crippen molar-refractivity contribution in [2.24, 2.45) is 5.73 Å². The largest absolute Gasteiger partial charge is 0.324 e. The van der Waals surface area contributed by atoms with Gasteiger partial charge in [-0.2, -0.15) is 0 Å². The topological polar surface area (TPSA) is 72.2 Å². The van der Waals surface area contributed by atoms with Gasteiger partial charge in [-0.1, -0.05) is 59.6 Å². The molecule has 2 aromatic carbocycles. The normalized spacial score (nSPS) is 11.8. The number of halogens is 1. The van der Waals surface area contributed by atoms with Gasteiger partial charge in [-0.25, -0.2) is 0 Å². The van der Waals surface area contributed by atoms with Crippen molar-refractivity contribution in [2.45, 2.75) is 25.8 Å². The van der Waals surface area contributed by atoms with Crippen LogP contribution in [-0.2, 0) is 4.79 Å². The summed E-state index contributed by atoms with van der Waals surface area (Å²) in [4.78, 5) is 24.8. The van der Waals surface area contributed by atoms with E-state index in [1.54, 1.807) is 42.5 Å². The molecule has 2 rings (SSSR count). The first kappa shape index (κ1) is 17.4. The van der Waals surface area contributed by atoms with Crippen LogP contribution in [0.3, 0.4) is 0 Å². The van der Waals surface area contributed by atoms with Gasteiger partial charge in [-0.3, -0.25) is 9.59 Å². The Labute approximate surface area is 144 Å². The maximum atomic E-state index is 12.7. The van der Waals surface area contributed by atoms with Gasteiger partial charge in [0.1, 0.15) is 0 Å². The maximum absolute atomic E-state index is 12.7. The minimum Gasteiger partial charge on any atom is -0.324 e. The van der Waals surface area contributed by atoms with E-state index in [9.17, 15) is 9.59 Å². The molecule has 0 fully saturated rings. The van der Waals surface area contributed by atoms with Crippen molar-refractivity contribution in [3.8, 4) is 0 Å². The van der Waals surface area contributed by atoms with Gasteiger partial charge < -0.3 is 11.1 Å². The second-order valence-corrected chi connectivity index (χ2v) is 6.19. The lowest BCUT2D eigenvalue weighted by Gasteiger charge is -2.14. The van der Waals surface area contributed by atoms with E-state index in [1.165, 1.54) is 0 Å². The van der Waals surface area contributed by atoms with E-state index in [0.717, 1.165) is 10.9 Å². The van der Waals surface area contributed by atoms with Gasteiger partial charge in [-0.05, 0) is 24.6 Å². The van der Waals surface area contributed by atoms with E-state index >= 15 is 0 Å². The average molecular weight is 375 g/mol. The Morgan fingerprint density at radius 3 is 2.52 bits per heavy atom. The fourth-order valence-corrected chi connectivity index (χ4v) is 2.59. The second kappa shape index (κ2) is 8.04. The number of amides is 1. The van der Waals surface area contributed by atoms with Crippen LogP contribution in [0.1, 0.15) is 35.7 Å². The van der Waals surface area contributed by atoms with Crippen molar-refractivity contribution in [1.29, 1.82) is 0 Å². The first-order valence-corrected chi connectivity index (χ1v) is 8.28. The van der Waals surface area contributed by atoms with E-state index in [-0.39, 0.29) is 11.7 Å². The third-order valence-corrected chi connectivity index (χ3v) is 3.95. The molecule has 23 heavy (non-hydrogen) atoms. The Bertz CT molecular complexity index is 701. The highest BCUT2D eigenvalue weighted by Gasteiger charge is 2.18. The predicted octanol–water partition coefficient (Wildman–Crippen LogP) is 3.75. The first-order chi connectivity index (χ1) is 11.0. The van der Waals surface area contributed by atoms with Crippen LogP contribution < -0.4 is 11.1 Å². The molecule has 4 nitrogen and oxygen atoms in total. The third-order valence-electron chi connectivity index (χ3n) is 3.46. The summed E-state index contributed by atoms with van der Waals surface area (Å²) in [5.41, 5.74) is 7.31. The Morgan fingerprint density at radius 1 is 1.17 bits per heavy atom. The molecule has 0 aromatic heterocycles. The predicted molar refractivity (Wildman–Crippen MR) is 95.5 cm³/mol. The van der Waals surface area contributed by atoms with Gasteiger partial charge in [0.05, 0.1) is 11.7 Å². The van der Waals surface area contributed by atoms with Crippen LogP contribution in [0.5, 0.6) is 0 Å². The Hall–Kier alpha value is -1.98. The number of carbonyl (C=O) groups excluding carboxylic acids is 2. The molecule has 2 aromatic rings. The number of hydrogen-bond acceptors (Lipinski definition) is 3. The van der Waals surface area contributed by atoms with Gasteiger partial charge >= 0.3 is 0 Å². The van der Waals surface area contributed by atoms with E-state index < -0.39 is 6.04 Å². The molecule has 0 heterocycles. The zero-order valence-corrected chi connectivity index (χ0v) is 14.5. The van der Waals surface area contributed by atoms with Crippen LogP contribution in [0.25, 0.3) is 0 Å². The van der Waals surface area contributed by atoms with Crippen LogP contribution in [-0.4, -0.2) is 17.7 Å². The molecule has 0 bridgehead atoms. The lowest BCUT2D eigenvalue weighted by molar-refractivity contribution is -0.117. The quantitative estimate of drug-likeness (QED) is 0.756. The summed E-state index contributed by atoms with van der Waals surface area (Å²) >= 11 is 3.37. The number of hydrogen-bond donors (Lipinski definition) is 2. The van der Waals surface area contributed by atoms with Gasteiger partial charge in [0.25, 0.3) is 0 Å². The van der Waals surface area contributed by atoms with Crippen molar-refractivity contribution in [1.82, 2.24) is 0 Å². The zero-order valence-electron chi connectivity index (χ0n) is 12.9. The summed E-state index contributed by atoms with van der Waals surface area (Å²) in [6.45, 7) is 1.97. The fraction of sp³-hybridized carbons (Fsp3) is 0.222. The molecule has 120 valence electrons. The van der Waals surface area contributed by atoms with Gasteiger partial charge in [0.15, 0.2) is 5.78 Å². The highest BCUT2D eigenvalue weighted by molar-refractivity contribution is 9.10. The van der Waals surface area contributed by atoms with E-state index in [2.05, 4.69) is 21.2 Å². The maximum Gasteiger partial charge on any atom is 0.241 e. The SMILES string of the molecule is CCCC(N)C(=O)Nc1ccc(Br)cc1C(=O)c1ccccc1. The number of nitrogens with one attached hydrogen (secondary N) is 1. The van der Waals surface area contributed by atoms with Gasteiger partial charge in [0, 0.05) is 15.6 Å². The van der Waals surface area contributed by atoms with E-state index in [4.69, 9.17) is 5.73 Å². The zero-order chi connectivity index (χ0) is 16.8. The average Bonchev–Trinajstić information content (AvgIpc) is 2.56. The molecule has 1 unspecified atom stereocenters. The molecule has 0 spiro atoms. The number of carbonyl (C=O) groups is 2. The molecule has 0 saturated carbocycles. The number of anilines is 1. The molecule has 5 heteroatoms.